The molecular formula is C14H16N2. The van der Waals surface area contributed by atoms with Crippen molar-refractivity contribution in [2.24, 2.45) is 5.92 Å². The Kier molecular flexibility index (Phi) is 2.41. The van der Waals surface area contributed by atoms with Crippen LogP contribution in [0.3, 0.4) is 0 Å². The first-order valence-corrected chi connectivity index (χ1v) is 6.12. The molecule has 3 rings (SSSR count). The second kappa shape index (κ2) is 3.92. The molecule has 2 aliphatic rings. The van der Waals surface area contributed by atoms with Gasteiger partial charge in [-0.2, -0.15) is 5.26 Å². The molecule has 1 aromatic rings. The predicted molar refractivity (Wildman–Crippen MR) is 62.9 cm³/mol. The SMILES string of the molecule is N#CC1CCNC1c1ccccc1C1CC1. The van der Waals surface area contributed by atoms with Gasteiger partial charge in [-0.25, -0.2) is 0 Å². The van der Waals surface area contributed by atoms with Crippen LogP contribution in [0.25, 0.3) is 0 Å². The minimum absolute atomic E-state index is 0.153. The van der Waals surface area contributed by atoms with Crippen LogP contribution in [-0.2, 0) is 0 Å². The summed E-state index contributed by atoms with van der Waals surface area (Å²) in [6, 6.07) is 11.3. The first kappa shape index (κ1) is 9.86. The highest BCUT2D eigenvalue weighted by atomic mass is 15.0. The summed E-state index contributed by atoms with van der Waals surface area (Å²) in [6.07, 6.45) is 3.63. The van der Waals surface area contributed by atoms with Crippen molar-refractivity contribution >= 4 is 0 Å². The van der Waals surface area contributed by atoms with E-state index in [0.717, 1.165) is 18.9 Å². The van der Waals surface area contributed by atoms with Crippen LogP contribution in [0.2, 0.25) is 0 Å². The van der Waals surface area contributed by atoms with Gasteiger partial charge in [0.1, 0.15) is 0 Å². The van der Waals surface area contributed by atoms with Gasteiger partial charge < -0.3 is 5.32 Å². The zero-order chi connectivity index (χ0) is 11.0. The fourth-order valence-electron chi connectivity index (χ4n) is 2.73. The van der Waals surface area contributed by atoms with Crippen LogP contribution in [0.4, 0.5) is 0 Å². The summed E-state index contributed by atoms with van der Waals surface area (Å²) in [4.78, 5) is 0. The third kappa shape index (κ3) is 1.62. The van der Waals surface area contributed by atoms with Gasteiger partial charge in [0, 0.05) is 6.04 Å². The number of nitriles is 1. The molecule has 1 aromatic carbocycles. The third-order valence-corrected chi connectivity index (χ3v) is 3.74. The highest BCUT2D eigenvalue weighted by Gasteiger charge is 2.33. The Labute approximate surface area is 96.3 Å². The summed E-state index contributed by atoms with van der Waals surface area (Å²) < 4.78 is 0. The molecule has 16 heavy (non-hydrogen) atoms. The van der Waals surface area contributed by atoms with Gasteiger partial charge in [-0.3, -0.25) is 0 Å². The molecule has 1 saturated heterocycles. The molecule has 1 saturated carbocycles. The minimum Gasteiger partial charge on any atom is -0.309 e. The van der Waals surface area contributed by atoms with E-state index in [1.807, 2.05) is 0 Å². The molecule has 1 N–H and O–H groups in total. The molecule has 82 valence electrons. The summed E-state index contributed by atoms with van der Waals surface area (Å²) >= 11 is 0. The van der Waals surface area contributed by atoms with Crippen LogP contribution in [0.15, 0.2) is 24.3 Å². The molecule has 2 unspecified atom stereocenters. The predicted octanol–water partition coefficient (Wildman–Crippen LogP) is 2.74. The van der Waals surface area contributed by atoms with Crippen LogP contribution < -0.4 is 5.32 Å². The molecule has 1 aliphatic heterocycles. The van der Waals surface area contributed by atoms with Gasteiger partial charge in [-0.1, -0.05) is 24.3 Å². The summed E-state index contributed by atoms with van der Waals surface area (Å²) in [5.41, 5.74) is 2.84. The van der Waals surface area contributed by atoms with Crippen LogP contribution in [0.5, 0.6) is 0 Å². The standard InChI is InChI=1S/C14H16N2/c15-9-11-7-8-16-14(11)13-4-2-1-3-12(13)10-5-6-10/h1-4,10-11,14,16H,5-8H2. The Morgan fingerprint density at radius 1 is 1.12 bits per heavy atom. The Balaban J connectivity index is 1.96. The molecule has 0 aromatic heterocycles. The van der Waals surface area contributed by atoms with Crippen LogP contribution >= 0.6 is 0 Å². The molecule has 2 atom stereocenters. The molecule has 2 heteroatoms. The van der Waals surface area contributed by atoms with Gasteiger partial charge in [0.05, 0.1) is 12.0 Å². The highest BCUT2D eigenvalue weighted by molar-refractivity contribution is 5.37. The zero-order valence-electron chi connectivity index (χ0n) is 9.32. The molecule has 0 radical (unpaired) electrons. The van der Waals surface area contributed by atoms with Gasteiger partial charge in [-0.15, -0.1) is 0 Å². The van der Waals surface area contributed by atoms with E-state index >= 15 is 0 Å². The van der Waals surface area contributed by atoms with E-state index in [9.17, 15) is 0 Å². The first-order valence-electron chi connectivity index (χ1n) is 6.12. The summed E-state index contributed by atoms with van der Waals surface area (Å²) in [5.74, 6) is 0.915. The van der Waals surface area contributed by atoms with Crippen molar-refractivity contribution in [2.75, 3.05) is 6.54 Å². The third-order valence-electron chi connectivity index (χ3n) is 3.74. The van der Waals surface area contributed by atoms with E-state index in [0.29, 0.717) is 0 Å². The van der Waals surface area contributed by atoms with Crippen molar-refractivity contribution in [1.82, 2.24) is 5.32 Å². The highest BCUT2D eigenvalue weighted by Crippen LogP contribution is 2.44. The number of nitrogens with one attached hydrogen (secondary N) is 1. The zero-order valence-corrected chi connectivity index (χ0v) is 9.32. The minimum atomic E-state index is 0.153. The average molecular weight is 212 g/mol. The Morgan fingerprint density at radius 3 is 2.56 bits per heavy atom. The van der Waals surface area contributed by atoms with Crippen LogP contribution in [-0.4, -0.2) is 6.54 Å². The summed E-state index contributed by atoms with van der Waals surface area (Å²) in [6.45, 7) is 0.974. The van der Waals surface area contributed by atoms with E-state index < -0.39 is 0 Å². The average Bonchev–Trinajstić information content (AvgIpc) is 3.07. The van der Waals surface area contributed by atoms with E-state index in [4.69, 9.17) is 5.26 Å². The van der Waals surface area contributed by atoms with E-state index in [2.05, 4.69) is 35.7 Å². The van der Waals surface area contributed by atoms with Crippen molar-refractivity contribution in [3.63, 3.8) is 0 Å². The van der Waals surface area contributed by atoms with Gasteiger partial charge in [0.2, 0.25) is 0 Å². The number of hydrogen-bond donors (Lipinski definition) is 1. The maximum Gasteiger partial charge on any atom is 0.0676 e. The maximum atomic E-state index is 9.15. The second-order valence-corrected chi connectivity index (χ2v) is 4.86. The lowest BCUT2D eigenvalue weighted by molar-refractivity contribution is 0.556. The molecule has 1 heterocycles. The maximum absolute atomic E-state index is 9.15. The van der Waals surface area contributed by atoms with Crippen LogP contribution in [0.1, 0.15) is 42.3 Å². The largest absolute Gasteiger partial charge is 0.309 e. The van der Waals surface area contributed by atoms with Crippen molar-refractivity contribution < 1.29 is 0 Å². The van der Waals surface area contributed by atoms with Crippen molar-refractivity contribution in [3.05, 3.63) is 35.4 Å². The molecule has 1 aliphatic carbocycles. The quantitative estimate of drug-likeness (QED) is 0.818. The number of benzene rings is 1. The molecule has 0 spiro atoms. The van der Waals surface area contributed by atoms with Crippen molar-refractivity contribution in [1.29, 1.82) is 5.26 Å². The fourth-order valence-corrected chi connectivity index (χ4v) is 2.73. The molecule has 2 nitrogen and oxygen atoms in total. The number of rotatable bonds is 2. The molecule has 0 amide bonds. The lowest BCUT2D eigenvalue weighted by Gasteiger charge is -2.18. The van der Waals surface area contributed by atoms with Crippen molar-refractivity contribution in [3.8, 4) is 6.07 Å². The molecule has 2 fully saturated rings. The van der Waals surface area contributed by atoms with E-state index in [1.54, 1.807) is 0 Å². The number of hydrogen-bond acceptors (Lipinski definition) is 2. The van der Waals surface area contributed by atoms with E-state index in [-0.39, 0.29) is 12.0 Å². The van der Waals surface area contributed by atoms with Gasteiger partial charge >= 0.3 is 0 Å². The second-order valence-electron chi connectivity index (χ2n) is 4.86. The topological polar surface area (TPSA) is 35.8 Å². The Morgan fingerprint density at radius 2 is 1.88 bits per heavy atom. The van der Waals surface area contributed by atoms with Gasteiger partial charge in [-0.05, 0) is 42.9 Å². The van der Waals surface area contributed by atoms with Crippen molar-refractivity contribution in [2.45, 2.75) is 31.2 Å². The fraction of sp³-hybridized carbons (Fsp3) is 0.500. The lowest BCUT2D eigenvalue weighted by atomic mass is 9.90. The first-order chi connectivity index (χ1) is 7.90. The summed E-state index contributed by atoms with van der Waals surface area (Å²) in [5, 5.41) is 12.6. The Hall–Kier alpha value is -1.33. The normalized spacial score (nSPS) is 28.9. The van der Waals surface area contributed by atoms with Crippen LogP contribution in [0, 0.1) is 17.2 Å². The molecular weight excluding hydrogens is 196 g/mol. The summed E-state index contributed by atoms with van der Waals surface area (Å²) in [7, 11) is 0. The smallest absolute Gasteiger partial charge is 0.0676 e. The van der Waals surface area contributed by atoms with E-state index in [1.165, 1.54) is 24.0 Å². The number of nitrogens with zero attached hydrogens (tertiary/aromatic N) is 1. The van der Waals surface area contributed by atoms with Gasteiger partial charge in [0.15, 0.2) is 0 Å². The Bertz CT molecular complexity index is 429. The molecule has 0 bridgehead atoms. The lowest BCUT2D eigenvalue weighted by Crippen LogP contribution is -2.18. The van der Waals surface area contributed by atoms with Gasteiger partial charge in [0.25, 0.3) is 0 Å². The monoisotopic (exact) mass is 212 g/mol.